The predicted octanol–water partition coefficient (Wildman–Crippen LogP) is 2.47. The summed E-state index contributed by atoms with van der Waals surface area (Å²) in [5.41, 5.74) is 1.28. The molecule has 12 heavy (non-hydrogen) atoms. The Labute approximate surface area is 77.8 Å². The van der Waals surface area contributed by atoms with Gasteiger partial charge in [-0.15, -0.1) is 11.8 Å². The third-order valence-corrected chi connectivity index (χ3v) is 2.99. The maximum absolute atomic E-state index is 9.08. The first kappa shape index (κ1) is 9.62. The second-order valence-electron chi connectivity index (χ2n) is 2.93. The summed E-state index contributed by atoms with van der Waals surface area (Å²) in [6.07, 6.45) is -0.227. The lowest BCUT2D eigenvalue weighted by atomic mass is 10.2. The van der Waals surface area contributed by atoms with E-state index in [1.807, 2.05) is 19.1 Å². The van der Waals surface area contributed by atoms with Crippen molar-refractivity contribution in [3.05, 3.63) is 29.8 Å². The van der Waals surface area contributed by atoms with Crippen LogP contribution in [0.2, 0.25) is 0 Å². The van der Waals surface area contributed by atoms with Crippen LogP contribution in [0.3, 0.4) is 0 Å². The van der Waals surface area contributed by atoms with Crippen molar-refractivity contribution in [3.63, 3.8) is 0 Å². The minimum Gasteiger partial charge on any atom is -0.393 e. The number of aliphatic hydroxyl groups excluding tert-OH is 1. The van der Waals surface area contributed by atoms with Crippen molar-refractivity contribution < 1.29 is 5.11 Å². The van der Waals surface area contributed by atoms with Gasteiger partial charge in [-0.25, -0.2) is 0 Å². The average Bonchev–Trinajstić information content (AvgIpc) is 2.03. The molecule has 0 aliphatic heterocycles. The Morgan fingerprint density at radius 3 is 2.67 bits per heavy atom. The third kappa shape index (κ3) is 2.88. The molecule has 0 heterocycles. The first-order chi connectivity index (χ1) is 5.70. The molecule has 1 N–H and O–H groups in total. The van der Waals surface area contributed by atoms with Gasteiger partial charge in [0.2, 0.25) is 0 Å². The van der Waals surface area contributed by atoms with Gasteiger partial charge in [0.05, 0.1) is 6.10 Å². The SMILES string of the molecule is Cc1ccccc1SCC(C)O. The summed E-state index contributed by atoms with van der Waals surface area (Å²) in [6, 6.07) is 8.23. The van der Waals surface area contributed by atoms with E-state index in [9.17, 15) is 0 Å². The number of thioether (sulfide) groups is 1. The zero-order valence-corrected chi connectivity index (χ0v) is 8.27. The summed E-state index contributed by atoms with van der Waals surface area (Å²) in [5, 5.41) is 9.08. The van der Waals surface area contributed by atoms with E-state index in [2.05, 4.69) is 19.1 Å². The second-order valence-corrected chi connectivity index (χ2v) is 3.99. The molecule has 1 aromatic carbocycles. The quantitative estimate of drug-likeness (QED) is 0.725. The molecule has 0 saturated heterocycles. The van der Waals surface area contributed by atoms with E-state index < -0.39 is 0 Å². The summed E-state index contributed by atoms with van der Waals surface area (Å²) >= 11 is 1.71. The number of benzene rings is 1. The Hall–Kier alpha value is -0.470. The van der Waals surface area contributed by atoms with Gasteiger partial charge in [0, 0.05) is 10.6 Å². The fraction of sp³-hybridized carbons (Fsp3) is 0.400. The lowest BCUT2D eigenvalue weighted by Gasteiger charge is -2.06. The van der Waals surface area contributed by atoms with Crippen LogP contribution in [-0.2, 0) is 0 Å². The normalized spacial score (nSPS) is 12.9. The zero-order valence-electron chi connectivity index (χ0n) is 7.45. The molecule has 2 heteroatoms. The summed E-state index contributed by atoms with van der Waals surface area (Å²) in [7, 11) is 0. The van der Waals surface area contributed by atoms with Gasteiger partial charge in [-0.1, -0.05) is 18.2 Å². The summed E-state index contributed by atoms with van der Waals surface area (Å²) in [5.74, 6) is 0.769. The highest BCUT2D eigenvalue weighted by Crippen LogP contribution is 2.22. The van der Waals surface area contributed by atoms with Gasteiger partial charge >= 0.3 is 0 Å². The molecule has 0 spiro atoms. The van der Waals surface area contributed by atoms with Crippen LogP contribution in [-0.4, -0.2) is 17.0 Å². The van der Waals surface area contributed by atoms with E-state index in [0.29, 0.717) is 0 Å². The molecule has 1 aromatic rings. The summed E-state index contributed by atoms with van der Waals surface area (Å²) < 4.78 is 0. The van der Waals surface area contributed by atoms with Crippen LogP contribution >= 0.6 is 11.8 Å². The second kappa shape index (κ2) is 4.53. The highest BCUT2D eigenvalue weighted by atomic mass is 32.2. The maximum Gasteiger partial charge on any atom is 0.0606 e. The molecule has 0 aliphatic rings. The van der Waals surface area contributed by atoms with E-state index in [1.54, 1.807) is 11.8 Å². The van der Waals surface area contributed by atoms with Crippen LogP contribution in [0.5, 0.6) is 0 Å². The lowest BCUT2D eigenvalue weighted by molar-refractivity contribution is 0.220. The first-order valence-electron chi connectivity index (χ1n) is 4.06. The van der Waals surface area contributed by atoms with E-state index in [4.69, 9.17) is 5.11 Å². The summed E-state index contributed by atoms with van der Waals surface area (Å²) in [4.78, 5) is 1.26. The van der Waals surface area contributed by atoms with Crippen LogP contribution in [0.4, 0.5) is 0 Å². The van der Waals surface area contributed by atoms with Gasteiger partial charge in [0.25, 0.3) is 0 Å². The van der Waals surface area contributed by atoms with Crippen LogP contribution in [0.25, 0.3) is 0 Å². The number of aryl methyl sites for hydroxylation is 1. The number of hydrogen-bond donors (Lipinski definition) is 1. The van der Waals surface area contributed by atoms with E-state index in [-0.39, 0.29) is 6.10 Å². The molecule has 1 rings (SSSR count). The molecule has 1 nitrogen and oxygen atoms in total. The van der Waals surface area contributed by atoms with Crippen molar-refractivity contribution in [2.45, 2.75) is 24.8 Å². The van der Waals surface area contributed by atoms with Gasteiger partial charge in [-0.3, -0.25) is 0 Å². The number of rotatable bonds is 3. The molecule has 0 saturated carbocycles. The van der Waals surface area contributed by atoms with Crippen molar-refractivity contribution in [3.8, 4) is 0 Å². The van der Waals surface area contributed by atoms with Crippen LogP contribution in [0.15, 0.2) is 29.2 Å². The van der Waals surface area contributed by atoms with Crippen molar-refractivity contribution in [1.82, 2.24) is 0 Å². The third-order valence-electron chi connectivity index (χ3n) is 1.57. The molecule has 0 aliphatic carbocycles. The molecular weight excluding hydrogens is 168 g/mol. The van der Waals surface area contributed by atoms with Gasteiger partial charge in [-0.2, -0.15) is 0 Å². The van der Waals surface area contributed by atoms with Crippen molar-refractivity contribution in [2.75, 3.05) is 5.75 Å². The fourth-order valence-electron chi connectivity index (χ4n) is 0.929. The van der Waals surface area contributed by atoms with Gasteiger partial charge in [0.1, 0.15) is 0 Å². The van der Waals surface area contributed by atoms with Gasteiger partial charge < -0.3 is 5.11 Å². The standard InChI is InChI=1S/C10H14OS/c1-8-5-3-4-6-10(8)12-7-9(2)11/h3-6,9,11H,7H2,1-2H3. The van der Waals surface area contributed by atoms with Gasteiger partial charge in [-0.05, 0) is 25.5 Å². The largest absolute Gasteiger partial charge is 0.393 e. The van der Waals surface area contributed by atoms with Crippen LogP contribution < -0.4 is 0 Å². The highest BCUT2D eigenvalue weighted by Gasteiger charge is 1.99. The van der Waals surface area contributed by atoms with Crippen molar-refractivity contribution >= 4 is 11.8 Å². The van der Waals surface area contributed by atoms with Crippen molar-refractivity contribution in [1.29, 1.82) is 0 Å². The minimum absolute atomic E-state index is 0.227. The molecule has 0 bridgehead atoms. The zero-order chi connectivity index (χ0) is 8.97. The van der Waals surface area contributed by atoms with E-state index in [1.165, 1.54) is 10.5 Å². The molecule has 0 amide bonds. The Kier molecular flexibility index (Phi) is 3.63. The minimum atomic E-state index is -0.227. The van der Waals surface area contributed by atoms with Crippen LogP contribution in [0, 0.1) is 6.92 Å². The van der Waals surface area contributed by atoms with Crippen molar-refractivity contribution in [2.24, 2.45) is 0 Å². The van der Waals surface area contributed by atoms with E-state index >= 15 is 0 Å². The Bertz CT molecular complexity index is 245. The molecular formula is C10H14OS. The van der Waals surface area contributed by atoms with E-state index in [0.717, 1.165) is 5.75 Å². The highest BCUT2D eigenvalue weighted by molar-refractivity contribution is 7.99. The first-order valence-corrected chi connectivity index (χ1v) is 5.05. The summed E-state index contributed by atoms with van der Waals surface area (Å²) in [6.45, 7) is 3.90. The molecule has 0 aromatic heterocycles. The molecule has 0 radical (unpaired) electrons. The Morgan fingerprint density at radius 1 is 1.42 bits per heavy atom. The fourth-order valence-corrected chi connectivity index (χ4v) is 1.82. The average molecular weight is 182 g/mol. The lowest BCUT2D eigenvalue weighted by Crippen LogP contribution is -2.02. The molecule has 66 valence electrons. The molecule has 0 fully saturated rings. The smallest absolute Gasteiger partial charge is 0.0606 e. The van der Waals surface area contributed by atoms with Gasteiger partial charge in [0.15, 0.2) is 0 Å². The monoisotopic (exact) mass is 182 g/mol. The number of hydrogen-bond acceptors (Lipinski definition) is 2. The van der Waals surface area contributed by atoms with Crippen LogP contribution in [0.1, 0.15) is 12.5 Å². The Balaban J connectivity index is 2.57. The molecule has 1 atom stereocenters. The predicted molar refractivity (Wildman–Crippen MR) is 53.6 cm³/mol. The molecule has 1 unspecified atom stereocenters. The number of aliphatic hydroxyl groups is 1. The maximum atomic E-state index is 9.08. The topological polar surface area (TPSA) is 20.2 Å². The Morgan fingerprint density at radius 2 is 2.08 bits per heavy atom.